The number of hydrogen-bond acceptors (Lipinski definition) is 3. The van der Waals surface area contributed by atoms with Crippen molar-refractivity contribution in [1.29, 1.82) is 0 Å². The van der Waals surface area contributed by atoms with E-state index in [2.05, 4.69) is 37.5 Å². The van der Waals surface area contributed by atoms with Crippen LogP contribution in [0.1, 0.15) is 56.4 Å². The Morgan fingerprint density at radius 1 is 1.47 bits per heavy atom. The average molecular weight is 281 g/mol. The maximum absolute atomic E-state index is 5.89. The second kappa shape index (κ2) is 7.41. The van der Waals surface area contributed by atoms with Gasteiger partial charge in [0.1, 0.15) is 0 Å². The van der Waals surface area contributed by atoms with Gasteiger partial charge in [-0.15, -0.1) is 11.3 Å². The molecular formula is C16H27NOS. The second-order valence-electron chi connectivity index (χ2n) is 5.74. The molecule has 1 aromatic rings. The Kier molecular flexibility index (Phi) is 5.86. The molecule has 3 heteroatoms. The minimum atomic E-state index is 0.316. The van der Waals surface area contributed by atoms with Gasteiger partial charge in [0.15, 0.2) is 0 Å². The summed E-state index contributed by atoms with van der Waals surface area (Å²) in [6, 6.07) is 2.80. The zero-order chi connectivity index (χ0) is 13.7. The predicted octanol–water partition coefficient (Wildman–Crippen LogP) is 3.96. The van der Waals surface area contributed by atoms with Crippen LogP contribution in [0.3, 0.4) is 0 Å². The van der Waals surface area contributed by atoms with E-state index in [4.69, 9.17) is 4.74 Å². The fourth-order valence-electron chi connectivity index (χ4n) is 2.88. The minimum Gasteiger partial charge on any atom is -0.377 e. The van der Waals surface area contributed by atoms with Gasteiger partial charge in [-0.1, -0.05) is 6.92 Å². The maximum Gasteiger partial charge on any atom is 0.0629 e. The molecule has 0 aromatic carbocycles. The second-order valence-corrected chi connectivity index (χ2v) is 6.74. The lowest BCUT2D eigenvalue weighted by atomic mass is 9.82. The molecule has 1 N–H and O–H groups in total. The molecule has 0 saturated heterocycles. The fourth-order valence-corrected chi connectivity index (χ4v) is 3.88. The summed E-state index contributed by atoms with van der Waals surface area (Å²) in [5.74, 6) is 0.639. The van der Waals surface area contributed by atoms with Crippen LogP contribution in [0.5, 0.6) is 0 Å². The molecule has 108 valence electrons. The van der Waals surface area contributed by atoms with E-state index in [1.165, 1.54) is 25.7 Å². The number of nitrogens with one attached hydrogen (secondary N) is 1. The molecule has 0 amide bonds. The van der Waals surface area contributed by atoms with Crippen LogP contribution in [0.4, 0.5) is 0 Å². The highest BCUT2D eigenvalue weighted by atomic mass is 32.1. The van der Waals surface area contributed by atoms with E-state index in [9.17, 15) is 0 Å². The van der Waals surface area contributed by atoms with E-state index in [-0.39, 0.29) is 0 Å². The highest BCUT2D eigenvalue weighted by Crippen LogP contribution is 2.37. The lowest BCUT2D eigenvalue weighted by molar-refractivity contribution is 0.0542. The van der Waals surface area contributed by atoms with E-state index in [0.717, 1.165) is 13.2 Å². The minimum absolute atomic E-state index is 0.316. The zero-order valence-corrected chi connectivity index (χ0v) is 13.3. The Balaban J connectivity index is 2.05. The molecule has 1 aromatic heterocycles. The summed E-state index contributed by atoms with van der Waals surface area (Å²) in [6.07, 6.45) is 5.39. The van der Waals surface area contributed by atoms with Gasteiger partial charge in [0.05, 0.1) is 12.7 Å². The van der Waals surface area contributed by atoms with Crippen LogP contribution in [0.2, 0.25) is 0 Å². The molecule has 2 atom stereocenters. The molecule has 0 bridgehead atoms. The molecule has 1 aliphatic rings. The van der Waals surface area contributed by atoms with Crippen LogP contribution in [0, 0.1) is 0 Å². The molecule has 0 radical (unpaired) electrons. The van der Waals surface area contributed by atoms with Crippen LogP contribution in [-0.4, -0.2) is 25.3 Å². The van der Waals surface area contributed by atoms with Gasteiger partial charge in [-0.25, -0.2) is 0 Å². The van der Waals surface area contributed by atoms with Gasteiger partial charge in [0.2, 0.25) is 0 Å². The Bertz CT molecular complexity index is 375. The normalized spacial score (nSPS) is 20.5. The van der Waals surface area contributed by atoms with Crippen molar-refractivity contribution in [3.63, 3.8) is 0 Å². The molecule has 0 spiro atoms. The average Bonchev–Trinajstić information content (AvgIpc) is 2.87. The molecule has 1 heterocycles. The first-order chi connectivity index (χ1) is 9.22. The third kappa shape index (κ3) is 4.04. The molecule has 2 rings (SSSR count). The monoisotopic (exact) mass is 281 g/mol. The summed E-state index contributed by atoms with van der Waals surface area (Å²) in [6.45, 7) is 8.38. The van der Waals surface area contributed by atoms with Gasteiger partial charge in [-0.05, 0) is 63.1 Å². The number of rotatable bonds is 7. The topological polar surface area (TPSA) is 21.3 Å². The van der Waals surface area contributed by atoms with Crippen molar-refractivity contribution in [3.05, 3.63) is 21.9 Å². The molecule has 0 aliphatic heterocycles. The largest absolute Gasteiger partial charge is 0.377 e. The molecule has 1 aliphatic carbocycles. The van der Waals surface area contributed by atoms with Crippen molar-refractivity contribution < 1.29 is 4.74 Å². The first kappa shape index (κ1) is 15.0. The fraction of sp³-hybridized carbons (Fsp3) is 0.750. The third-order valence-corrected chi connectivity index (χ3v) is 4.85. The summed E-state index contributed by atoms with van der Waals surface area (Å²) >= 11 is 1.93. The van der Waals surface area contributed by atoms with Crippen molar-refractivity contribution in [1.82, 2.24) is 5.32 Å². The number of thiophene rings is 1. The standard InChI is InChI=1S/C16H27NOS/c1-4-9-17-15(11-18-12(2)3)13-6-5-7-16-14(13)8-10-19-16/h8,10,12-13,15,17H,4-7,9,11H2,1-3H3. The highest BCUT2D eigenvalue weighted by molar-refractivity contribution is 7.10. The Hall–Kier alpha value is -0.380. The van der Waals surface area contributed by atoms with Crippen molar-refractivity contribution in [2.75, 3.05) is 13.2 Å². The maximum atomic E-state index is 5.89. The Labute approximate surface area is 121 Å². The summed E-state index contributed by atoms with van der Waals surface area (Å²) in [7, 11) is 0. The molecule has 2 nitrogen and oxygen atoms in total. The van der Waals surface area contributed by atoms with Gasteiger partial charge in [-0.3, -0.25) is 0 Å². The van der Waals surface area contributed by atoms with Crippen LogP contribution in [0.15, 0.2) is 11.4 Å². The van der Waals surface area contributed by atoms with E-state index in [0.29, 0.717) is 18.1 Å². The Morgan fingerprint density at radius 2 is 2.32 bits per heavy atom. The molecule has 19 heavy (non-hydrogen) atoms. The van der Waals surface area contributed by atoms with E-state index in [1.54, 1.807) is 10.4 Å². The number of hydrogen-bond donors (Lipinski definition) is 1. The van der Waals surface area contributed by atoms with Crippen molar-refractivity contribution in [2.45, 2.75) is 64.5 Å². The van der Waals surface area contributed by atoms with E-state index < -0.39 is 0 Å². The molecular weight excluding hydrogens is 254 g/mol. The van der Waals surface area contributed by atoms with Crippen LogP contribution >= 0.6 is 11.3 Å². The van der Waals surface area contributed by atoms with Gasteiger partial charge in [-0.2, -0.15) is 0 Å². The highest BCUT2D eigenvalue weighted by Gasteiger charge is 2.28. The van der Waals surface area contributed by atoms with E-state index in [1.807, 2.05) is 11.3 Å². The summed E-state index contributed by atoms with van der Waals surface area (Å²) in [4.78, 5) is 1.60. The number of ether oxygens (including phenoxy) is 1. The van der Waals surface area contributed by atoms with E-state index >= 15 is 0 Å². The lowest BCUT2D eigenvalue weighted by Crippen LogP contribution is -2.41. The SMILES string of the molecule is CCCNC(COC(C)C)C1CCCc2sccc21. The molecule has 0 fully saturated rings. The summed E-state index contributed by atoms with van der Waals surface area (Å²) in [5, 5.41) is 5.96. The number of aryl methyl sites for hydroxylation is 1. The zero-order valence-electron chi connectivity index (χ0n) is 12.4. The Morgan fingerprint density at radius 3 is 3.05 bits per heavy atom. The van der Waals surface area contributed by atoms with Crippen LogP contribution < -0.4 is 5.32 Å². The van der Waals surface area contributed by atoms with Gasteiger partial charge in [0, 0.05) is 16.8 Å². The van der Waals surface area contributed by atoms with Gasteiger partial charge >= 0.3 is 0 Å². The quantitative estimate of drug-likeness (QED) is 0.817. The first-order valence-corrected chi connectivity index (χ1v) is 8.51. The van der Waals surface area contributed by atoms with Crippen molar-refractivity contribution >= 4 is 11.3 Å². The van der Waals surface area contributed by atoms with Crippen LogP contribution in [0.25, 0.3) is 0 Å². The predicted molar refractivity (Wildman–Crippen MR) is 83.2 cm³/mol. The number of fused-ring (bicyclic) bond motifs is 1. The summed E-state index contributed by atoms with van der Waals surface area (Å²) < 4.78 is 5.89. The van der Waals surface area contributed by atoms with Crippen molar-refractivity contribution in [2.24, 2.45) is 0 Å². The molecule has 0 saturated carbocycles. The third-order valence-electron chi connectivity index (χ3n) is 3.85. The molecule has 2 unspecified atom stereocenters. The van der Waals surface area contributed by atoms with Crippen molar-refractivity contribution in [3.8, 4) is 0 Å². The van der Waals surface area contributed by atoms with Gasteiger partial charge < -0.3 is 10.1 Å². The lowest BCUT2D eigenvalue weighted by Gasteiger charge is -2.32. The first-order valence-electron chi connectivity index (χ1n) is 7.63. The smallest absolute Gasteiger partial charge is 0.0629 e. The van der Waals surface area contributed by atoms with Gasteiger partial charge in [0.25, 0.3) is 0 Å². The summed E-state index contributed by atoms with van der Waals surface area (Å²) in [5.41, 5.74) is 1.58. The van der Waals surface area contributed by atoms with Crippen LogP contribution in [-0.2, 0) is 11.2 Å².